The standard InChI is InChI=1S/C16H26N2O3S/c1-4-11-22(20,21)18-15-9-5-8-14(12-15)16(19)17-10-6-7-13(2)3/h5,8-9,12-13,18H,4,6-7,10-11H2,1-3H3,(H,17,19). The fraction of sp³-hybridized carbons (Fsp3) is 0.562. The fourth-order valence-electron chi connectivity index (χ4n) is 2.04. The van der Waals surface area contributed by atoms with Crippen molar-refractivity contribution in [2.75, 3.05) is 17.0 Å². The number of anilines is 1. The summed E-state index contributed by atoms with van der Waals surface area (Å²) < 4.78 is 26.0. The second-order valence-corrected chi connectivity index (χ2v) is 7.64. The Morgan fingerprint density at radius 1 is 1.27 bits per heavy atom. The number of amides is 1. The lowest BCUT2D eigenvalue weighted by Gasteiger charge is -2.10. The van der Waals surface area contributed by atoms with Crippen molar-refractivity contribution in [2.24, 2.45) is 5.92 Å². The van der Waals surface area contributed by atoms with Crippen LogP contribution in [0.5, 0.6) is 0 Å². The molecule has 0 fully saturated rings. The van der Waals surface area contributed by atoms with E-state index in [9.17, 15) is 13.2 Å². The SMILES string of the molecule is CCCS(=O)(=O)Nc1cccc(C(=O)NCCCC(C)C)c1. The maximum absolute atomic E-state index is 12.0. The second kappa shape index (κ2) is 8.78. The summed E-state index contributed by atoms with van der Waals surface area (Å²) in [5.41, 5.74) is 0.879. The fourth-order valence-corrected chi connectivity index (χ4v) is 3.16. The number of hydrogen-bond acceptors (Lipinski definition) is 3. The van der Waals surface area contributed by atoms with Crippen molar-refractivity contribution in [1.29, 1.82) is 0 Å². The third-order valence-corrected chi connectivity index (χ3v) is 4.61. The van der Waals surface area contributed by atoms with E-state index in [2.05, 4.69) is 23.9 Å². The average molecular weight is 326 g/mol. The highest BCUT2D eigenvalue weighted by Gasteiger charge is 2.11. The molecule has 0 heterocycles. The molecule has 1 amide bonds. The molecule has 0 aliphatic rings. The molecule has 0 atom stereocenters. The van der Waals surface area contributed by atoms with Crippen molar-refractivity contribution in [2.45, 2.75) is 40.0 Å². The molecule has 0 aliphatic heterocycles. The summed E-state index contributed by atoms with van der Waals surface area (Å²) in [6.07, 6.45) is 2.55. The molecule has 0 aromatic heterocycles. The Morgan fingerprint density at radius 3 is 2.64 bits per heavy atom. The molecule has 0 unspecified atom stereocenters. The van der Waals surface area contributed by atoms with Crippen LogP contribution in [0.1, 0.15) is 50.4 Å². The van der Waals surface area contributed by atoms with Gasteiger partial charge in [0.2, 0.25) is 10.0 Å². The highest BCUT2D eigenvalue weighted by atomic mass is 32.2. The number of benzene rings is 1. The van der Waals surface area contributed by atoms with Crippen LogP contribution in [0.15, 0.2) is 24.3 Å². The first-order valence-corrected chi connectivity index (χ1v) is 9.38. The minimum atomic E-state index is -3.34. The number of rotatable bonds is 9. The molecule has 0 spiro atoms. The van der Waals surface area contributed by atoms with Crippen LogP contribution in [0.3, 0.4) is 0 Å². The lowest BCUT2D eigenvalue weighted by molar-refractivity contribution is 0.0952. The zero-order valence-corrected chi connectivity index (χ0v) is 14.4. The van der Waals surface area contributed by atoms with E-state index in [0.717, 1.165) is 12.8 Å². The van der Waals surface area contributed by atoms with E-state index < -0.39 is 10.0 Å². The van der Waals surface area contributed by atoms with Gasteiger partial charge in [-0.05, 0) is 43.4 Å². The Balaban J connectivity index is 2.61. The van der Waals surface area contributed by atoms with Crippen molar-refractivity contribution >= 4 is 21.6 Å². The number of carbonyl (C=O) groups excluding carboxylic acids is 1. The van der Waals surface area contributed by atoms with E-state index in [1.165, 1.54) is 0 Å². The molecule has 22 heavy (non-hydrogen) atoms. The van der Waals surface area contributed by atoms with Crippen LogP contribution in [0, 0.1) is 5.92 Å². The van der Waals surface area contributed by atoms with Gasteiger partial charge in [-0.3, -0.25) is 9.52 Å². The summed E-state index contributed by atoms with van der Waals surface area (Å²) in [5, 5.41) is 2.85. The van der Waals surface area contributed by atoms with Gasteiger partial charge in [0.15, 0.2) is 0 Å². The molecule has 6 heteroatoms. The van der Waals surface area contributed by atoms with E-state index in [4.69, 9.17) is 0 Å². The van der Waals surface area contributed by atoms with Crippen molar-refractivity contribution in [3.8, 4) is 0 Å². The van der Waals surface area contributed by atoms with Crippen LogP contribution in [0.4, 0.5) is 5.69 Å². The summed E-state index contributed by atoms with van der Waals surface area (Å²) in [5.74, 6) is 0.507. The molecule has 0 aliphatic carbocycles. The zero-order chi connectivity index (χ0) is 16.6. The topological polar surface area (TPSA) is 75.3 Å². The van der Waals surface area contributed by atoms with Crippen molar-refractivity contribution in [3.63, 3.8) is 0 Å². The largest absolute Gasteiger partial charge is 0.352 e. The highest BCUT2D eigenvalue weighted by molar-refractivity contribution is 7.92. The van der Waals surface area contributed by atoms with Crippen molar-refractivity contribution in [1.82, 2.24) is 5.32 Å². The number of nitrogens with one attached hydrogen (secondary N) is 2. The molecule has 2 N–H and O–H groups in total. The van der Waals surface area contributed by atoms with Crippen molar-refractivity contribution < 1.29 is 13.2 Å². The van der Waals surface area contributed by atoms with Gasteiger partial charge in [-0.15, -0.1) is 0 Å². The van der Waals surface area contributed by atoms with Gasteiger partial charge in [-0.25, -0.2) is 8.42 Å². The van der Waals surface area contributed by atoms with Gasteiger partial charge in [0, 0.05) is 17.8 Å². The number of sulfonamides is 1. The van der Waals surface area contributed by atoms with Crippen LogP contribution < -0.4 is 10.0 Å². The number of hydrogen-bond donors (Lipinski definition) is 2. The Morgan fingerprint density at radius 2 is 2.00 bits per heavy atom. The third-order valence-electron chi connectivity index (χ3n) is 3.11. The monoisotopic (exact) mass is 326 g/mol. The van der Waals surface area contributed by atoms with E-state index in [1.807, 2.05) is 0 Å². The smallest absolute Gasteiger partial charge is 0.251 e. The van der Waals surface area contributed by atoms with Crippen LogP contribution in [0.25, 0.3) is 0 Å². The van der Waals surface area contributed by atoms with Gasteiger partial charge in [0.05, 0.1) is 5.75 Å². The molecule has 1 aromatic rings. The normalized spacial score (nSPS) is 11.5. The number of carbonyl (C=O) groups is 1. The van der Waals surface area contributed by atoms with Crippen LogP contribution in [-0.4, -0.2) is 26.6 Å². The first kappa shape index (κ1) is 18.5. The van der Waals surface area contributed by atoms with Crippen LogP contribution in [0.2, 0.25) is 0 Å². The first-order chi connectivity index (χ1) is 10.3. The molecule has 0 bridgehead atoms. The summed E-state index contributed by atoms with van der Waals surface area (Å²) in [6.45, 7) is 6.73. The molecule has 124 valence electrons. The molecule has 5 nitrogen and oxygen atoms in total. The molecular formula is C16H26N2O3S. The molecule has 0 radical (unpaired) electrons. The summed E-state index contributed by atoms with van der Waals surface area (Å²) in [7, 11) is -3.34. The molecule has 0 saturated carbocycles. The summed E-state index contributed by atoms with van der Waals surface area (Å²) in [6, 6.07) is 6.55. The lowest BCUT2D eigenvalue weighted by Crippen LogP contribution is -2.25. The summed E-state index contributed by atoms with van der Waals surface area (Å²) in [4.78, 5) is 12.0. The van der Waals surface area contributed by atoms with E-state index in [-0.39, 0.29) is 11.7 Å². The first-order valence-electron chi connectivity index (χ1n) is 7.73. The predicted octanol–water partition coefficient (Wildman–Crippen LogP) is 3.00. The maximum Gasteiger partial charge on any atom is 0.251 e. The van der Waals surface area contributed by atoms with Gasteiger partial charge >= 0.3 is 0 Å². The van der Waals surface area contributed by atoms with Crippen molar-refractivity contribution in [3.05, 3.63) is 29.8 Å². The van der Waals surface area contributed by atoms with Crippen LogP contribution >= 0.6 is 0 Å². The molecular weight excluding hydrogens is 300 g/mol. The second-order valence-electron chi connectivity index (χ2n) is 5.79. The predicted molar refractivity (Wildman–Crippen MR) is 90.5 cm³/mol. The van der Waals surface area contributed by atoms with Gasteiger partial charge in [0.1, 0.15) is 0 Å². The van der Waals surface area contributed by atoms with E-state index in [0.29, 0.717) is 30.1 Å². The molecule has 1 aromatic carbocycles. The average Bonchev–Trinajstić information content (AvgIpc) is 2.42. The van der Waals surface area contributed by atoms with E-state index >= 15 is 0 Å². The summed E-state index contributed by atoms with van der Waals surface area (Å²) >= 11 is 0. The molecule has 0 saturated heterocycles. The Bertz CT molecular complexity index is 583. The zero-order valence-electron chi connectivity index (χ0n) is 13.6. The van der Waals surface area contributed by atoms with Gasteiger partial charge in [0.25, 0.3) is 5.91 Å². The minimum absolute atomic E-state index is 0.0681. The molecule has 1 rings (SSSR count). The Kier molecular flexibility index (Phi) is 7.38. The Labute approximate surface area is 133 Å². The highest BCUT2D eigenvalue weighted by Crippen LogP contribution is 2.13. The maximum atomic E-state index is 12.0. The third kappa shape index (κ3) is 6.93. The Hall–Kier alpha value is -1.56. The van der Waals surface area contributed by atoms with Crippen LogP contribution in [-0.2, 0) is 10.0 Å². The lowest BCUT2D eigenvalue weighted by atomic mass is 10.1. The van der Waals surface area contributed by atoms with E-state index in [1.54, 1.807) is 31.2 Å². The van der Waals surface area contributed by atoms with Gasteiger partial charge < -0.3 is 5.32 Å². The van der Waals surface area contributed by atoms with Gasteiger partial charge in [-0.1, -0.05) is 26.8 Å². The minimum Gasteiger partial charge on any atom is -0.352 e. The quantitative estimate of drug-likeness (QED) is 0.685. The van der Waals surface area contributed by atoms with Gasteiger partial charge in [-0.2, -0.15) is 0 Å².